The molecule has 14 heavy (non-hydrogen) atoms. The second kappa shape index (κ2) is 3.59. The minimum atomic E-state index is 0.304. The maximum Gasteiger partial charge on any atom is 0.257 e. The van der Waals surface area contributed by atoms with Crippen LogP contribution >= 0.6 is 22.9 Å². The number of hydrogen-bond acceptors (Lipinski definition) is 5. The zero-order chi connectivity index (χ0) is 10.1. The van der Waals surface area contributed by atoms with Crippen molar-refractivity contribution in [1.82, 2.24) is 9.97 Å². The Balaban J connectivity index is 2.58. The average Bonchev–Trinajstić information content (AvgIpc) is 2.45. The van der Waals surface area contributed by atoms with Crippen molar-refractivity contribution in [2.75, 3.05) is 12.3 Å². The Hall–Kier alpha value is -1.07. The lowest BCUT2D eigenvalue weighted by Crippen LogP contribution is -2.01. The highest BCUT2D eigenvalue weighted by Crippen LogP contribution is 2.30. The largest absolute Gasteiger partial charge is 0.475 e. The number of rotatable bonds is 2. The van der Waals surface area contributed by atoms with E-state index in [1.54, 1.807) is 6.07 Å². The van der Waals surface area contributed by atoms with Gasteiger partial charge in [-0.2, -0.15) is 0 Å². The van der Waals surface area contributed by atoms with Gasteiger partial charge in [0.1, 0.15) is 10.3 Å². The fourth-order valence-corrected chi connectivity index (χ4v) is 2.10. The van der Waals surface area contributed by atoms with Crippen molar-refractivity contribution in [3.8, 4) is 5.88 Å². The van der Waals surface area contributed by atoms with E-state index < -0.39 is 0 Å². The van der Waals surface area contributed by atoms with E-state index in [4.69, 9.17) is 22.1 Å². The van der Waals surface area contributed by atoms with Gasteiger partial charge in [0, 0.05) is 0 Å². The van der Waals surface area contributed by atoms with Crippen LogP contribution in [0.25, 0.3) is 10.3 Å². The van der Waals surface area contributed by atoms with Crippen LogP contribution in [-0.4, -0.2) is 16.6 Å². The molecule has 0 spiro atoms. The standard InChI is InChI=1S/C8H8ClN3OS/c1-2-13-7-6(10)12-8-4(11-7)3-5(9)14-8/h3H,2H2,1H3,(H2,10,12). The van der Waals surface area contributed by atoms with Crippen LogP contribution in [-0.2, 0) is 0 Å². The van der Waals surface area contributed by atoms with Gasteiger partial charge < -0.3 is 10.5 Å². The summed E-state index contributed by atoms with van der Waals surface area (Å²) in [6, 6.07) is 1.75. The molecule has 6 heteroatoms. The summed E-state index contributed by atoms with van der Waals surface area (Å²) in [6.45, 7) is 2.38. The number of ether oxygens (including phenoxy) is 1. The highest BCUT2D eigenvalue weighted by molar-refractivity contribution is 7.22. The number of halogens is 1. The van der Waals surface area contributed by atoms with Crippen molar-refractivity contribution in [2.24, 2.45) is 0 Å². The summed E-state index contributed by atoms with van der Waals surface area (Å²) in [5.41, 5.74) is 6.37. The van der Waals surface area contributed by atoms with E-state index >= 15 is 0 Å². The number of nitrogen functional groups attached to an aromatic ring is 1. The van der Waals surface area contributed by atoms with Crippen LogP contribution in [0.3, 0.4) is 0 Å². The first-order valence-electron chi connectivity index (χ1n) is 4.06. The van der Waals surface area contributed by atoms with Gasteiger partial charge in [0.15, 0.2) is 5.82 Å². The van der Waals surface area contributed by atoms with Crippen LogP contribution in [0.15, 0.2) is 6.07 Å². The predicted molar refractivity (Wildman–Crippen MR) is 58.0 cm³/mol. The molecule has 0 radical (unpaired) electrons. The smallest absolute Gasteiger partial charge is 0.257 e. The molecule has 0 saturated carbocycles. The quantitative estimate of drug-likeness (QED) is 0.859. The summed E-state index contributed by atoms with van der Waals surface area (Å²) in [4.78, 5) is 9.07. The fraction of sp³-hybridized carbons (Fsp3) is 0.250. The maximum atomic E-state index is 5.82. The van der Waals surface area contributed by atoms with Crippen molar-refractivity contribution in [2.45, 2.75) is 6.92 Å². The lowest BCUT2D eigenvalue weighted by atomic mass is 10.5. The third-order valence-corrected chi connectivity index (χ3v) is 2.75. The number of hydrogen-bond donors (Lipinski definition) is 1. The van der Waals surface area contributed by atoms with Crippen LogP contribution in [0.5, 0.6) is 5.88 Å². The molecule has 0 fully saturated rings. The highest BCUT2D eigenvalue weighted by Gasteiger charge is 2.09. The van der Waals surface area contributed by atoms with Gasteiger partial charge in [-0.05, 0) is 13.0 Å². The van der Waals surface area contributed by atoms with E-state index in [2.05, 4.69) is 9.97 Å². The molecular weight excluding hydrogens is 222 g/mol. The van der Waals surface area contributed by atoms with Crippen LogP contribution in [0, 0.1) is 0 Å². The van der Waals surface area contributed by atoms with Crippen molar-refractivity contribution in [3.63, 3.8) is 0 Å². The van der Waals surface area contributed by atoms with Crippen LogP contribution in [0.2, 0.25) is 4.34 Å². The Labute approximate surface area is 89.7 Å². The first kappa shape index (κ1) is 9.48. The monoisotopic (exact) mass is 229 g/mol. The van der Waals surface area contributed by atoms with E-state index in [1.165, 1.54) is 11.3 Å². The first-order chi connectivity index (χ1) is 6.70. The van der Waals surface area contributed by atoms with E-state index in [-0.39, 0.29) is 0 Å². The zero-order valence-electron chi connectivity index (χ0n) is 7.45. The molecule has 2 aromatic rings. The Morgan fingerprint density at radius 2 is 2.36 bits per heavy atom. The van der Waals surface area contributed by atoms with Gasteiger partial charge in [-0.25, -0.2) is 9.97 Å². The zero-order valence-corrected chi connectivity index (χ0v) is 9.02. The average molecular weight is 230 g/mol. The summed E-state index contributed by atoms with van der Waals surface area (Å²) in [6.07, 6.45) is 0. The molecule has 74 valence electrons. The SMILES string of the molecule is CCOc1nc2cc(Cl)sc2nc1N. The van der Waals surface area contributed by atoms with Crippen LogP contribution in [0.4, 0.5) is 5.82 Å². The molecule has 0 atom stereocenters. The Bertz CT molecular complexity index is 471. The van der Waals surface area contributed by atoms with E-state index in [1.807, 2.05) is 6.92 Å². The van der Waals surface area contributed by atoms with Crippen LogP contribution < -0.4 is 10.5 Å². The molecule has 2 heterocycles. The molecule has 0 aliphatic carbocycles. The van der Waals surface area contributed by atoms with Gasteiger partial charge in [-0.3, -0.25) is 0 Å². The lowest BCUT2D eigenvalue weighted by Gasteiger charge is -2.03. The number of fused-ring (bicyclic) bond motifs is 1. The van der Waals surface area contributed by atoms with Gasteiger partial charge in [0.05, 0.1) is 10.9 Å². The van der Waals surface area contributed by atoms with Gasteiger partial charge in [0.2, 0.25) is 0 Å². The summed E-state index contributed by atoms with van der Waals surface area (Å²) in [5, 5.41) is 0. The molecule has 0 aliphatic rings. The van der Waals surface area contributed by atoms with E-state index in [0.717, 1.165) is 10.3 Å². The molecule has 4 nitrogen and oxygen atoms in total. The van der Waals surface area contributed by atoms with Crippen molar-refractivity contribution in [1.29, 1.82) is 0 Å². The van der Waals surface area contributed by atoms with E-state index in [0.29, 0.717) is 22.6 Å². The molecule has 0 aromatic carbocycles. The topological polar surface area (TPSA) is 61.0 Å². The lowest BCUT2D eigenvalue weighted by molar-refractivity contribution is 0.329. The minimum Gasteiger partial charge on any atom is -0.475 e. The number of thiophene rings is 1. The van der Waals surface area contributed by atoms with Gasteiger partial charge >= 0.3 is 0 Å². The predicted octanol–water partition coefficient (Wildman–Crippen LogP) is 2.33. The summed E-state index contributed by atoms with van der Waals surface area (Å²) in [5.74, 6) is 0.673. The van der Waals surface area contributed by atoms with Crippen LogP contribution in [0.1, 0.15) is 6.92 Å². The summed E-state index contributed by atoms with van der Waals surface area (Å²) >= 11 is 7.17. The molecule has 2 rings (SSSR count). The molecule has 2 aromatic heterocycles. The summed E-state index contributed by atoms with van der Waals surface area (Å²) in [7, 11) is 0. The Morgan fingerprint density at radius 3 is 3.07 bits per heavy atom. The normalized spacial score (nSPS) is 10.7. The molecular formula is C8H8ClN3OS. The summed E-state index contributed by atoms with van der Waals surface area (Å²) < 4.78 is 5.86. The third kappa shape index (κ3) is 1.60. The van der Waals surface area contributed by atoms with Gasteiger partial charge in [-0.15, -0.1) is 11.3 Å². The molecule has 2 N–H and O–H groups in total. The maximum absolute atomic E-state index is 5.82. The molecule has 0 amide bonds. The fourth-order valence-electron chi connectivity index (χ4n) is 1.07. The number of aromatic nitrogens is 2. The molecule has 0 aliphatic heterocycles. The second-order valence-corrected chi connectivity index (χ2v) is 4.25. The second-order valence-electron chi connectivity index (χ2n) is 2.59. The first-order valence-corrected chi connectivity index (χ1v) is 5.25. The Morgan fingerprint density at radius 1 is 1.57 bits per heavy atom. The number of nitrogens with two attached hydrogens (primary N) is 1. The minimum absolute atomic E-state index is 0.304. The van der Waals surface area contributed by atoms with Crippen molar-refractivity contribution in [3.05, 3.63) is 10.4 Å². The van der Waals surface area contributed by atoms with Gasteiger partial charge in [-0.1, -0.05) is 11.6 Å². The number of anilines is 1. The molecule has 0 unspecified atom stereocenters. The molecule has 0 saturated heterocycles. The van der Waals surface area contributed by atoms with Crippen molar-refractivity contribution < 1.29 is 4.74 Å². The van der Waals surface area contributed by atoms with Crippen molar-refractivity contribution >= 4 is 39.1 Å². The molecule has 0 bridgehead atoms. The number of nitrogens with zero attached hydrogens (tertiary/aromatic N) is 2. The van der Waals surface area contributed by atoms with E-state index in [9.17, 15) is 0 Å². The third-order valence-electron chi connectivity index (χ3n) is 1.61. The Kier molecular flexibility index (Phi) is 2.43. The highest BCUT2D eigenvalue weighted by atomic mass is 35.5. The van der Waals surface area contributed by atoms with Gasteiger partial charge in [0.25, 0.3) is 5.88 Å².